The van der Waals surface area contributed by atoms with Crippen molar-refractivity contribution in [2.75, 3.05) is 105 Å². The van der Waals surface area contributed by atoms with Crippen molar-refractivity contribution in [3.05, 3.63) is 143 Å². The van der Waals surface area contributed by atoms with E-state index in [4.69, 9.17) is 29.4 Å². The van der Waals surface area contributed by atoms with E-state index in [1.807, 2.05) is 30.3 Å². The van der Waals surface area contributed by atoms with Crippen LogP contribution >= 0.6 is 0 Å². The van der Waals surface area contributed by atoms with Crippen LogP contribution in [-0.4, -0.2) is 165 Å². The number of nitrogens with one attached hydrogen (secondary N) is 1. The summed E-state index contributed by atoms with van der Waals surface area (Å²) in [5, 5.41) is 47.8. The fourth-order valence-electron chi connectivity index (χ4n) is 14.2. The number of fused-ring (bicyclic) bond motifs is 4. The van der Waals surface area contributed by atoms with Crippen LogP contribution in [0, 0.1) is 22.7 Å². The van der Waals surface area contributed by atoms with Crippen LogP contribution in [0.2, 0.25) is 0 Å². The fourth-order valence-corrected chi connectivity index (χ4v) is 14.2. The molecule has 2 amide bonds. The summed E-state index contributed by atoms with van der Waals surface area (Å²) in [6, 6.07) is 44.3. The van der Waals surface area contributed by atoms with Crippen LogP contribution < -0.4 is 34.4 Å². The summed E-state index contributed by atoms with van der Waals surface area (Å²) >= 11 is 0. The molecule has 4 saturated heterocycles. The van der Waals surface area contributed by atoms with Gasteiger partial charge in [0, 0.05) is 91.2 Å². The van der Waals surface area contributed by atoms with Crippen molar-refractivity contribution >= 4 is 56.7 Å². The van der Waals surface area contributed by atoms with Gasteiger partial charge in [-0.25, -0.2) is 9.59 Å². The minimum absolute atomic E-state index is 0.0697. The molecule has 4 atom stereocenters. The number of rotatable bonds is 14. The molecule has 4 fully saturated rings. The topological polar surface area (TPSA) is 227 Å². The number of benzene rings is 5. The zero-order valence-corrected chi connectivity index (χ0v) is 50.7. The number of hydrogen-bond acceptors (Lipinski definition) is 16. The van der Waals surface area contributed by atoms with Gasteiger partial charge in [-0.3, -0.25) is 9.80 Å². The lowest BCUT2D eigenvalue weighted by Gasteiger charge is -2.49. The van der Waals surface area contributed by atoms with Gasteiger partial charge in [-0.15, -0.1) is 0 Å². The average molecular weight is 1190 g/mol. The summed E-state index contributed by atoms with van der Waals surface area (Å²) in [5.41, 5.74) is 6.20. The first-order valence-corrected chi connectivity index (χ1v) is 31.0. The first-order chi connectivity index (χ1) is 42.7. The van der Waals surface area contributed by atoms with E-state index in [0.29, 0.717) is 77.5 Å². The second-order valence-corrected chi connectivity index (χ2v) is 25.1. The lowest BCUT2D eigenvalue weighted by molar-refractivity contribution is 0.0668. The number of carbonyl (C=O) groups is 2. The normalized spacial score (nSPS) is 22.8. The van der Waals surface area contributed by atoms with E-state index in [9.17, 15) is 30.3 Å². The van der Waals surface area contributed by atoms with Crippen molar-refractivity contribution in [2.24, 2.45) is 0 Å². The Bertz CT molecular complexity index is 3770. The van der Waals surface area contributed by atoms with Gasteiger partial charge >= 0.3 is 24.2 Å². The van der Waals surface area contributed by atoms with Crippen LogP contribution in [-0.2, 0) is 32.4 Å². The third kappa shape index (κ3) is 12.3. The highest BCUT2D eigenvalue weighted by Gasteiger charge is 2.46. The predicted molar refractivity (Wildman–Crippen MR) is 339 cm³/mol. The molecule has 5 aromatic carbocycles. The molecule has 0 bridgehead atoms. The molecule has 8 heterocycles. The number of likely N-dealkylation sites (N-methyl/N-ethyl adjacent to an activating group) is 1. The summed E-state index contributed by atoms with van der Waals surface area (Å²) in [6.07, 6.45) is 4.46. The Morgan fingerprint density at radius 2 is 1.23 bits per heavy atom. The highest BCUT2D eigenvalue weighted by Crippen LogP contribution is 2.40. The Morgan fingerprint density at radius 1 is 0.636 bits per heavy atom. The maximum atomic E-state index is 12.6. The van der Waals surface area contributed by atoms with Crippen LogP contribution in [0.5, 0.6) is 12.0 Å². The van der Waals surface area contributed by atoms with Crippen molar-refractivity contribution in [1.29, 1.82) is 10.5 Å². The van der Waals surface area contributed by atoms with Crippen molar-refractivity contribution < 1.29 is 29.3 Å². The smallest absolute Gasteiger partial charge is 0.407 e. The zero-order chi connectivity index (χ0) is 61.0. The number of anilines is 4. The third-order valence-corrected chi connectivity index (χ3v) is 19.2. The van der Waals surface area contributed by atoms with Gasteiger partial charge in [-0.1, -0.05) is 103 Å². The molecular weight excluding hydrogens is 1110 g/mol. The molecule has 0 radical (unpaired) electrons. The average Bonchev–Trinajstić information content (AvgIpc) is 1.48. The van der Waals surface area contributed by atoms with Crippen molar-refractivity contribution in [1.82, 2.24) is 40.0 Å². The Morgan fingerprint density at radius 3 is 1.80 bits per heavy atom. The Balaban J connectivity index is 0.000000173. The molecular formula is C68H78N14O6. The molecule has 20 nitrogen and oxygen atoms in total. The highest BCUT2D eigenvalue weighted by atomic mass is 16.5. The number of hydrogen-bond donors (Lipinski definition) is 3. The lowest BCUT2D eigenvalue weighted by Crippen LogP contribution is -2.65. The van der Waals surface area contributed by atoms with E-state index in [2.05, 4.69) is 148 Å². The maximum Gasteiger partial charge on any atom is 0.407 e. The third-order valence-electron chi connectivity index (χ3n) is 19.2. The van der Waals surface area contributed by atoms with Gasteiger partial charge in [0.2, 0.25) is 0 Å². The predicted octanol–water partition coefficient (Wildman–Crippen LogP) is 9.55. The molecule has 7 aromatic rings. The van der Waals surface area contributed by atoms with Crippen molar-refractivity contribution in [3.8, 4) is 24.2 Å². The molecule has 20 heteroatoms. The Labute approximate surface area is 514 Å². The molecule has 0 spiro atoms. The van der Waals surface area contributed by atoms with Gasteiger partial charge in [0.25, 0.3) is 0 Å². The zero-order valence-electron chi connectivity index (χ0n) is 50.7. The maximum absolute atomic E-state index is 12.6. The molecule has 6 aliphatic rings. The first kappa shape index (κ1) is 59.4. The molecule has 3 N–H and O–H groups in total. The van der Waals surface area contributed by atoms with Crippen LogP contribution in [0.4, 0.5) is 32.6 Å². The van der Waals surface area contributed by atoms with Crippen LogP contribution in [0.1, 0.15) is 80.5 Å². The first-order valence-electron chi connectivity index (χ1n) is 31.0. The van der Waals surface area contributed by atoms with Crippen molar-refractivity contribution in [3.63, 3.8) is 0 Å². The summed E-state index contributed by atoms with van der Waals surface area (Å²) in [6.45, 7) is 12.5. The van der Waals surface area contributed by atoms with Gasteiger partial charge in [0.15, 0.2) is 0 Å². The summed E-state index contributed by atoms with van der Waals surface area (Å²) < 4.78 is 12.7. The highest BCUT2D eigenvalue weighted by molar-refractivity contribution is 5.95. The number of carboxylic acid groups (broad SMARTS) is 2. The van der Waals surface area contributed by atoms with Crippen molar-refractivity contribution in [2.45, 2.75) is 107 Å². The molecule has 0 saturated carbocycles. The molecule has 0 aliphatic carbocycles. The summed E-state index contributed by atoms with van der Waals surface area (Å²) in [5.74, 6) is 1.59. The second kappa shape index (κ2) is 25.4. The lowest BCUT2D eigenvalue weighted by atomic mass is 9.83. The summed E-state index contributed by atoms with van der Waals surface area (Å²) in [4.78, 5) is 58.7. The van der Waals surface area contributed by atoms with E-state index in [1.54, 1.807) is 0 Å². The number of piperazine rings is 2. The molecule has 6 aliphatic heterocycles. The molecule has 88 heavy (non-hydrogen) atoms. The largest absolute Gasteiger partial charge is 0.465 e. The van der Waals surface area contributed by atoms with Crippen LogP contribution in [0.3, 0.4) is 0 Å². The molecule has 2 aromatic heterocycles. The van der Waals surface area contributed by atoms with E-state index in [1.165, 1.54) is 42.7 Å². The standard InChI is InChI=1S/C37H41N7O3.C31H37N7O3/c1-36(16-8-19-39-36)26-47-34-40-31-24-42(32-14-7-12-28-11-5-6-13-29(28)32)20-15-30(31)33(41-34)43-21-22-44(35(45)46)37(25-43,17-18-38)23-27-9-3-2-4-10-27;1-31(13-6-15-35(31)2)21-41-29-33-26-20-36(27-10-5-8-22-7-3-4-9-24(22)27)16-12-25(26)28(34-29)37-17-18-38(30(39)40)23(19-37)11-14-32/h2-7,9-14,39H,8,15-17,19-26H2,1H3,(H,45,46);3-5,7-10,23H,6,11-13,15-21H2,1-2H3,(H,39,40). The van der Waals surface area contributed by atoms with E-state index < -0.39 is 23.8 Å². The van der Waals surface area contributed by atoms with Gasteiger partial charge in [-0.05, 0) is 107 Å². The summed E-state index contributed by atoms with van der Waals surface area (Å²) in [7, 11) is 2.13. The van der Waals surface area contributed by atoms with E-state index >= 15 is 0 Å². The quantitative estimate of drug-likeness (QED) is 0.0921. The number of amides is 2. The van der Waals surface area contributed by atoms with Gasteiger partial charge in [0.1, 0.15) is 24.8 Å². The van der Waals surface area contributed by atoms with Gasteiger partial charge in [-0.2, -0.15) is 30.5 Å². The molecule has 456 valence electrons. The fraction of sp³-hybridized carbons (Fsp3) is 0.441. The van der Waals surface area contributed by atoms with Gasteiger partial charge in [0.05, 0.1) is 66.6 Å². The SMILES string of the molecule is CC1(COc2nc3c(c(N4CCN(C(=O)O)C(CC#N)(Cc5ccccc5)C4)n2)CCN(c2cccc4ccccc24)C3)CCCN1.CN1CCCC1(C)COc1nc2c(c(N3CCN(C(=O)O)C(CC#N)C3)n1)CCN(c1cccc3ccccc13)C2. The Kier molecular flexibility index (Phi) is 17.1. The molecule has 13 rings (SSSR count). The van der Waals surface area contributed by atoms with E-state index in [0.717, 1.165) is 104 Å². The minimum atomic E-state index is -1.01. The number of likely N-dealkylation sites (tertiary alicyclic amines) is 1. The number of nitriles is 2. The van der Waals surface area contributed by atoms with Gasteiger partial charge < -0.3 is 49.5 Å². The van der Waals surface area contributed by atoms with Crippen LogP contribution in [0.25, 0.3) is 21.5 Å². The minimum Gasteiger partial charge on any atom is -0.465 e. The number of nitrogens with zero attached hydrogens (tertiary/aromatic N) is 13. The Hall–Kier alpha value is -8.98. The number of aromatic nitrogens is 4. The monoisotopic (exact) mass is 1190 g/mol. The molecule has 4 unspecified atom stereocenters. The number of ether oxygens (including phenoxy) is 2. The second-order valence-electron chi connectivity index (χ2n) is 25.1. The van der Waals surface area contributed by atoms with Crippen LogP contribution in [0.15, 0.2) is 115 Å². The van der Waals surface area contributed by atoms with E-state index in [-0.39, 0.29) is 30.5 Å².